The van der Waals surface area contributed by atoms with Crippen molar-refractivity contribution in [2.75, 3.05) is 13.2 Å². The Morgan fingerprint density at radius 3 is 3.08 bits per heavy atom. The van der Waals surface area contributed by atoms with Gasteiger partial charge in [0.2, 0.25) is 0 Å². The molecule has 0 atom stereocenters. The van der Waals surface area contributed by atoms with E-state index in [-0.39, 0.29) is 5.97 Å². The van der Waals surface area contributed by atoms with Gasteiger partial charge in [0.1, 0.15) is 0 Å². The van der Waals surface area contributed by atoms with Gasteiger partial charge in [-0.2, -0.15) is 5.10 Å². The zero-order valence-electron chi connectivity index (χ0n) is 14.6. The molecule has 2 aromatic heterocycles. The number of aromatic amines is 1. The Morgan fingerprint density at radius 2 is 2.24 bits per heavy atom. The van der Waals surface area contributed by atoms with Gasteiger partial charge in [0, 0.05) is 50.4 Å². The molecule has 0 saturated carbocycles. The molecule has 1 N–H and O–H groups in total. The number of fused-ring (bicyclic) bond motifs is 2. The van der Waals surface area contributed by atoms with Crippen LogP contribution in [-0.4, -0.2) is 38.8 Å². The number of rotatable bonds is 4. The molecule has 1 aliphatic rings. The Hall–Kier alpha value is -2.60. The molecule has 130 valence electrons. The number of hydrogen-bond acceptors (Lipinski definition) is 4. The predicted octanol–water partition coefficient (Wildman–Crippen LogP) is 2.64. The van der Waals surface area contributed by atoms with Crippen LogP contribution in [0.25, 0.3) is 10.9 Å². The second kappa shape index (κ2) is 6.37. The predicted molar refractivity (Wildman–Crippen MR) is 95.3 cm³/mol. The largest absolute Gasteiger partial charge is 0.461 e. The van der Waals surface area contributed by atoms with Crippen LogP contribution in [0.1, 0.15) is 34.2 Å². The number of carbonyl (C=O) groups is 1. The molecule has 6 nitrogen and oxygen atoms in total. The summed E-state index contributed by atoms with van der Waals surface area (Å²) < 4.78 is 6.88. The normalized spacial score (nSPS) is 14.6. The monoisotopic (exact) mass is 338 g/mol. The first-order valence-electron chi connectivity index (χ1n) is 8.66. The van der Waals surface area contributed by atoms with Crippen molar-refractivity contribution in [3.8, 4) is 0 Å². The van der Waals surface area contributed by atoms with E-state index < -0.39 is 0 Å². The molecule has 3 heterocycles. The highest BCUT2D eigenvalue weighted by molar-refractivity contribution is 5.89. The van der Waals surface area contributed by atoms with Gasteiger partial charge in [-0.25, -0.2) is 4.79 Å². The second-order valence-electron chi connectivity index (χ2n) is 6.44. The molecule has 1 aromatic carbocycles. The van der Waals surface area contributed by atoms with E-state index in [4.69, 9.17) is 4.74 Å². The number of aromatic nitrogens is 3. The molecule has 4 rings (SSSR count). The summed E-state index contributed by atoms with van der Waals surface area (Å²) >= 11 is 0. The number of nitrogens with one attached hydrogen (secondary N) is 1. The van der Waals surface area contributed by atoms with Crippen molar-refractivity contribution >= 4 is 16.9 Å². The van der Waals surface area contributed by atoms with E-state index in [1.54, 1.807) is 4.68 Å². The standard InChI is InChI=1S/C19H22N4O2/c1-3-25-19(24)18-15-12-23(10-8-16(15)21-22(18)2)11-14-6-4-5-13-7-9-20-17(13)14/h4-7,9,20H,3,8,10-12H2,1-2H3. The molecule has 3 aromatic rings. The average molecular weight is 338 g/mol. The number of aryl methyl sites for hydroxylation is 1. The maximum Gasteiger partial charge on any atom is 0.356 e. The van der Waals surface area contributed by atoms with Crippen LogP contribution in [0, 0.1) is 0 Å². The molecule has 0 radical (unpaired) electrons. The number of hydrogen-bond donors (Lipinski definition) is 1. The molecule has 0 spiro atoms. The molecule has 0 amide bonds. The van der Waals surface area contributed by atoms with E-state index in [2.05, 4.69) is 39.2 Å². The summed E-state index contributed by atoms with van der Waals surface area (Å²) in [5.41, 5.74) is 5.06. The van der Waals surface area contributed by atoms with Crippen molar-refractivity contribution in [3.63, 3.8) is 0 Å². The lowest BCUT2D eigenvalue weighted by atomic mass is 10.0. The lowest BCUT2D eigenvalue weighted by Crippen LogP contribution is -2.30. The molecular formula is C19H22N4O2. The minimum atomic E-state index is -0.285. The van der Waals surface area contributed by atoms with Gasteiger partial charge in [0.05, 0.1) is 12.3 Å². The van der Waals surface area contributed by atoms with Crippen LogP contribution in [0.15, 0.2) is 30.5 Å². The van der Waals surface area contributed by atoms with E-state index in [9.17, 15) is 4.79 Å². The van der Waals surface area contributed by atoms with Crippen LogP contribution >= 0.6 is 0 Å². The van der Waals surface area contributed by atoms with E-state index >= 15 is 0 Å². The third-order valence-electron chi connectivity index (χ3n) is 4.81. The minimum absolute atomic E-state index is 0.285. The van der Waals surface area contributed by atoms with Crippen LogP contribution in [-0.2, 0) is 31.3 Å². The average Bonchev–Trinajstić information content (AvgIpc) is 3.19. The van der Waals surface area contributed by atoms with Gasteiger partial charge in [0.25, 0.3) is 0 Å². The third-order valence-corrected chi connectivity index (χ3v) is 4.81. The summed E-state index contributed by atoms with van der Waals surface area (Å²) in [6, 6.07) is 8.45. The number of esters is 1. The fourth-order valence-corrected chi connectivity index (χ4v) is 3.67. The third kappa shape index (κ3) is 2.82. The first-order chi connectivity index (χ1) is 12.2. The van der Waals surface area contributed by atoms with Crippen molar-refractivity contribution < 1.29 is 9.53 Å². The molecule has 6 heteroatoms. The summed E-state index contributed by atoms with van der Waals surface area (Å²) in [5, 5.41) is 5.75. The molecular weight excluding hydrogens is 316 g/mol. The Bertz CT molecular complexity index is 925. The number of carbonyl (C=O) groups excluding carboxylic acids is 1. The molecule has 0 aliphatic carbocycles. The zero-order chi connectivity index (χ0) is 17.4. The highest BCUT2D eigenvalue weighted by Crippen LogP contribution is 2.25. The molecule has 0 saturated heterocycles. The molecule has 1 aliphatic heterocycles. The van der Waals surface area contributed by atoms with E-state index in [1.807, 2.05) is 20.2 Å². The van der Waals surface area contributed by atoms with E-state index in [0.717, 1.165) is 30.8 Å². The fourth-order valence-electron chi connectivity index (χ4n) is 3.67. The Kier molecular flexibility index (Phi) is 4.05. The first kappa shape index (κ1) is 15.9. The van der Waals surface area contributed by atoms with Crippen molar-refractivity contribution in [1.29, 1.82) is 0 Å². The van der Waals surface area contributed by atoms with Crippen LogP contribution in [0.4, 0.5) is 0 Å². The van der Waals surface area contributed by atoms with Crippen molar-refractivity contribution in [1.82, 2.24) is 19.7 Å². The van der Waals surface area contributed by atoms with Gasteiger partial charge in [-0.15, -0.1) is 0 Å². The van der Waals surface area contributed by atoms with Crippen molar-refractivity contribution in [2.24, 2.45) is 7.05 Å². The minimum Gasteiger partial charge on any atom is -0.461 e. The van der Waals surface area contributed by atoms with Crippen molar-refractivity contribution in [2.45, 2.75) is 26.4 Å². The Morgan fingerprint density at radius 1 is 1.36 bits per heavy atom. The molecule has 0 fully saturated rings. The highest BCUT2D eigenvalue weighted by atomic mass is 16.5. The van der Waals surface area contributed by atoms with Gasteiger partial charge < -0.3 is 9.72 Å². The number of H-pyrrole nitrogens is 1. The fraction of sp³-hybridized carbons (Fsp3) is 0.368. The van der Waals surface area contributed by atoms with Crippen LogP contribution in [0.5, 0.6) is 0 Å². The maximum atomic E-state index is 12.3. The smallest absolute Gasteiger partial charge is 0.356 e. The quantitative estimate of drug-likeness (QED) is 0.743. The topological polar surface area (TPSA) is 63.1 Å². The molecule has 25 heavy (non-hydrogen) atoms. The van der Waals surface area contributed by atoms with Gasteiger partial charge in [-0.3, -0.25) is 9.58 Å². The van der Waals surface area contributed by atoms with Gasteiger partial charge in [-0.1, -0.05) is 18.2 Å². The summed E-state index contributed by atoms with van der Waals surface area (Å²) in [7, 11) is 1.81. The lowest BCUT2D eigenvalue weighted by molar-refractivity contribution is 0.0510. The number of para-hydroxylation sites is 1. The summed E-state index contributed by atoms with van der Waals surface area (Å²) in [5.74, 6) is -0.285. The van der Waals surface area contributed by atoms with E-state index in [1.165, 1.54) is 16.5 Å². The SMILES string of the molecule is CCOC(=O)c1c2c(nn1C)CCN(Cc1cccc3cc[nH]c13)C2. The molecule has 0 bridgehead atoms. The number of ether oxygens (including phenoxy) is 1. The van der Waals surface area contributed by atoms with Gasteiger partial charge in [-0.05, 0) is 23.9 Å². The van der Waals surface area contributed by atoms with E-state index in [0.29, 0.717) is 18.8 Å². The lowest BCUT2D eigenvalue weighted by Gasteiger charge is -2.26. The number of nitrogens with zero attached hydrogens (tertiary/aromatic N) is 3. The van der Waals surface area contributed by atoms with Crippen molar-refractivity contribution in [3.05, 3.63) is 53.0 Å². The van der Waals surface area contributed by atoms with Gasteiger partial charge >= 0.3 is 5.97 Å². The summed E-state index contributed by atoms with van der Waals surface area (Å²) in [4.78, 5) is 18.0. The first-order valence-corrected chi connectivity index (χ1v) is 8.66. The Balaban J connectivity index is 1.60. The molecule has 0 unspecified atom stereocenters. The Labute approximate surface area is 146 Å². The summed E-state index contributed by atoms with van der Waals surface area (Å²) in [6.07, 6.45) is 2.83. The zero-order valence-corrected chi connectivity index (χ0v) is 14.6. The van der Waals surface area contributed by atoms with Crippen LogP contribution < -0.4 is 0 Å². The summed E-state index contributed by atoms with van der Waals surface area (Å²) in [6.45, 7) is 4.69. The highest BCUT2D eigenvalue weighted by Gasteiger charge is 2.28. The van der Waals surface area contributed by atoms with Gasteiger partial charge in [0.15, 0.2) is 5.69 Å². The van der Waals surface area contributed by atoms with Crippen LogP contribution in [0.3, 0.4) is 0 Å². The van der Waals surface area contributed by atoms with Crippen LogP contribution in [0.2, 0.25) is 0 Å². The number of benzene rings is 1. The second-order valence-corrected chi connectivity index (χ2v) is 6.44. The maximum absolute atomic E-state index is 12.3.